The number of fused-ring (bicyclic) bond motifs is 5. The van der Waals surface area contributed by atoms with Crippen molar-refractivity contribution in [2.45, 2.75) is 53.4 Å². The first-order valence-corrected chi connectivity index (χ1v) is 19.1. The number of rotatable bonds is 6. The van der Waals surface area contributed by atoms with Gasteiger partial charge in [-0.2, -0.15) is 0 Å². The van der Waals surface area contributed by atoms with Crippen molar-refractivity contribution < 1.29 is 0 Å². The van der Waals surface area contributed by atoms with E-state index in [1.54, 1.807) is 0 Å². The zero-order valence-electron chi connectivity index (χ0n) is 31.8. The van der Waals surface area contributed by atoms with E-state index in [9.17, 15) is 0 Å². The molecule has 0 heterocycles. The van der Waals surface area contributed by atoms with Crippen molar-refractivity contribution in [3.05, 3.63) is 197 Å². The van der Waals surface area contributed by atoms with Gasteiger partial charge in [-0.15, -0.1) is 0 Å². The quantitative estimate of drug-likeness (QED) is 0.172. The minimum Gasteiger partial charge on any atom is -0.310 e. The van der Waals surface area contributed by atoms with Crippen LogP contribution in [0.3, 0.4) is 0 Å². The Morgan fingerprint density at radius 2 is 1.13 bits per heavy atom. The van der Waals surface area contributed by atoms with Gasteiger partial charge in [0.25, 0.3) is 0 Å². The highest BCUT2D eigenvalue weighted by molar-refractivity contribution is 5.99. The molecule has 0 N–H and O–H groups in total. The molecular formula is C51H48N2. The third-order valence-electron chi connectivity index (χ3n) is 11.1. The Hall–Kier alpha value is -5.86. The van der Waals surface area contributed by atoms with E-state index in [2.05, 4.69) is 201 Å². The minimum atomic E-state index is -0.205. The topological polar surface area (TPSA) is 6.48 Å². The van der Waals surface area contributed by atoms with E-state index < -0.39 is 0 Å². The molecule has 0 spiro atoms. The Morgan fingerprint density at radius 1 is 0.566 bits per heavy atom. The van der Waals surface area contributed by atoms with Gasteiger partial charge in [0.2, 0.25) is 0 Å². The summed E-state index contributed by atoms with van der Waals surface area (Å²) < 4.78 is 0. The molecule has 53 heavy (non-hydrogen) atoms. The lowest BCUT2D eigenvalue weighted by molar-refractivity contribution is 0.660. The average Bonchev–Trinajstić information content (AvgIpc) is 3.42. The van der Waals surface area contributed by atoms with Crippen LogP contribution in [0.1, 0.15) is 56.4 Å². The second-order valence-electron chi connectivity index (χ2n) is 14.8. The summed E-state index contributed by atoms with van der Waals surface area (Å²) in [6.07, 6.45) is 14.7. The van der Waals surface area contributed by atoms with Crippen molar-refractivity contribution in [1.82, 2.24) is 0 Å². The largest absolute Gasteiger partial charge is 0.310 e. The summed E-state index contributed by atoms with van der Waals surface area (Å²) in [6.45, 7) is 13.1. The van der Waals surface area contributed by atoms with E-state index in [1.807, 2.05) is 13.8 Å². The maximum Gasteiger partial charge on any atom is 0.0540 e. The van der Waals surface area contributed by atoms with Gasteiger partial charge in [-0.25, -0.2) is 0 Å². The van der Waals surface area contributed by atoms with Crippen LogP contribution in [-0.2, 0) is 5.41 Å². The van der Waals surface area contributed by atoms with Gasteiger partial charge in [0.05, 0.1) is 5.69 Å². The standard InChI is InChI=1S/C49H42N2.C2H6/c1-33-19-23-37(24-20-33)50(47-17-9-13-35-11-5-7-15-41(35)47)39-27-29-43-44-30-28-40(32-46(44)49(3,4)45(43)31-39)51(38-25-21-34(2)22-26-38)48-18-10-14-36-12-6-8-16-42(36)48;1-2/h5-13,15-32,36H,14H2,1-4H3;1-2H3. The van der Waals surface area contributed by atoms with Gasteiger partial charge in [0, 0.05) is 45.2 Å². The number of anilines is 5. The van der Waals surface area contributed by atoms with Crippen LogP contribution in [-0.4, -0.2) is 0 Å². The first-order valence-electron chi connectivity index (χ1n) is 19.1. The van der Waals surface area contributed by atoms with Crippen LogP contribution >= 0.6 is 0 Å². The van der Waals surface area contributed by atoms with Crippen LogP contribution in [0.15, 0.2) is 175 Å². The summed E-state index contributed by atoms with van der Waals surface area (Å²) in [5.74, 6) is 0.398. The van der Waals surface area contributed by atoms with Crippen LogP contribution in [0.25, 0.3) is 21.9 Å². The summed E-state index contributed by atoms with van der Waals surface area (Å²) in [5, 5.41) is 2.48. The van der Waals surface area contributed by atoms with E-state index >= 15 is 0 Å². The molecule has 3 aliphatic rings. The van der Waals surface area contributed by atoms with E-state index in [-0.39, 0.29) is 5.41 Å². The number of aryl methyl sites for hydroxylation is 2. The van der Waals surface area contributed by atoms with E-state index in [0.29, 0.717) is 5.92 Å². The molecule has 0 aliphatic heterocycles. The first-order chi connectivity index (χ1) is 25.9. The molecule has 3 aliphatic carbocycles. The Bertz CT molecular complexity index is 2430. The number of hydrogen-bond acceptors (Lipinski definition) is 2. The first kappa shape index (κ1) is 34.2. The maximum atomic E-state index is 2.46. The molecule has 0 saturated heterocycles. The molecule has 1 atom stereocenters. The van der Waals surface area contributed by atoms with Crippen LogP contribution in [0, 0.1) is 19.8 Å². The number of benzene rings is 6. The minimum absolute atomic E-state index is 0.205. The second-order valence-corrected chi connectivity index (χ2v) is 14.8. The van der Waals surface area contributed by atoms with E-state index in [1.165, 1.54) is 78.2 Å². The fraction of sp³-hybridized carbons (Fsp3) is 0.176. The third kappa shape index (κ3) is 6.03. The van der Waals surface area contributed by atoms with E-state index in [0.717, 1.165) is 12.1 Å². The predicted molar refractivity (Wildman–Crippen MR) is 228 cm³/mol. The smallest absolute Gasteiger partial charge is 0.0540 e. The molecule has 2 heteroatoms. The van der Waals surface area contributed by atoms with Crippen molar-refractivity contribution in [3.63, 3.8) is 0 Å². The Balaban J connectivity index is 0.00000197. The predicted octanol–water partition coefficient (Wildman–Crippen LogP) is 14.4. The Morgan fingerprint density at radius 3 is 1.79 bits per heavy atom. The van der Waals surface area contributed by atoms with Gasteiger partial charge in [0.15, 0.2) is 0 Å². The second kappa shape index (κ2) is 13.9. The zero-order chi connectivity index (χ0) is 36.7. The molecule has 0 saturated carbocycles. The van der Waals surface area contributed by atoms with Crippen molar-refractivity contribution >= 4 is 39.2 Å². The number of allylic oxidation sites excluding steroid dienone is 7. The molecule has 6 aromatic carbocycles. The van der Waals surface area contributed by atoms with Gasteiger partial charge in [0.1, 0.15) is 0 Å². The molecular weight excluding hydrogens is 641 g/mol. The monoisotopic (exact) mass is 688 g/mol. The molecule has 1 unspecified atom stereocenters. The normalized spacial score (nSPS) is 16.1. The number of nitrogens with zero attached hydrogens (tertiary/aromatic N) is 2. The van der Waals surface area contributed by atoms with Crippen molar-refractivity contribution in [1.29, 1.82) is 0 Å². The highest BCUT2D eigenvalue weighted by atomic mass is 15.2. The van der Waals surface area contributed by atoms with Crippen molar-refractivity contribution in [2.75, 3.05) is 9.80 Å². The van der Waals surface area contributed by atoms with Crippen molar-refractivity contribution in [2.24, 2.45) is 5.92 Å². The molecule has 0 bridgehead atoms. The summed E-state index contributed by atoms with van der Waals surface area (Å²) in [6, 6.07) is 47.4. The fourth-order valence-corrected chi connectivity index (χ4v) is 8.33. The summed E-state index contributed by atoms with van der Waals surface area (Å²) >= 11 is 0. The highest BCUT2D eigenvalue weighted by Gasteiger charge is 2.37. The van der Waals surface area contributed by atoms with Gasteiger partial charge in [-0.1, -0.05) is 142 Å². The lowest BCUT2D eigenvalue weighted by Gasteiger charge is -2.33. The van der Waals surface area contributed by atoms with Crippen LogP contribution in [0.5, 0.6) is 0 Å². The molecule has 0 fully saturated rings. The van der Waals surface area contributed by atoms with Crippen molar-refractivity contribution in [3.8, 4) is 11.1 Å². The molecule has 6 aromatic rings. The maximum absolute atomic E-state index is 2.46. The van der Waals surface area contributed by atoms with Gasteiger partial charge >= 0.3 is 0 Å². The van der Waals surface area contributed by atoms with E-state index in [4.69, 9.17) is 0 Å². The highest BCUT2D eigenvalue weighted by Crippen LogP contribution is 2.53. The van der Waals surface area contributed by atoms with Gasteiger partial charge in [-0.3, -0.25) is 0 Å². The third-order valence-corrected chi connectivity index (χ3v) is 11.1. The summed E-state index contributed by atoms with van der Waals surface area (Å²) in [4.78, 5) is 4.89. The van der Waals surface area contributed by atoms with Gasteiger partial charge in [-0.05, 0) is 114 Å². The average molecular weight is 689 g/mol. The lowest BCUT2D eigenvalue weighted by Crippen LogP contribution is -2.22. The zero-order valence-corrected chi connectivity index (χ0v) is 31.8. The molecule has 9 rings (SSSR count). The molecule has 0 radical (unpaired) electrons. The SMILES string of the molecule is CC.Cc1ccc(N(C2=C3C=CC=CC3CC=C2)c2ccc3c(c2)C(C)(C)c2cc(N(c4ccc(C)cc4)c4cccc5ccccc45)ccc2-3)cc1. The fourth-order valence-electron chi connectivity index (χ4n) is 8.33. The summed E-state index contributed by atoms with van der Waals surface area (Å²) in [5.41, 5.74) is 16.1. The Kier molecular flexibility index (Phi) is 9.00. The lowest BCUT2D eigenvalue weighted by atomic mass is 9.82. The van der Waals surface area contributed by atoms with Crippen LogP contribution < -0.4 is 9.80 Å². The molecule has 0 amide bonds. The molecule has 262 valence electrons. The molecule has 0 aromatic heterocycles. The van der Waals surface area contributed by atoms with Crippen LogP contribution in [0.2, 0.25) is 0 Å². The van der Waals surface area contributed by atoms with Crippen LogP contribution in [0.4, 0.5) is 28.4 Å². The summed E-state index contributed by atoms with van der Waals surface area (Å²) in [7, 11) is 0. The molecule has 2 nitrogen and oxygen atoms in total. The number of hydrogen-bond donors (Lipinski definition) is 0. The van der Waals surface area contributed by atoms with Gasteiger partial charge < -0.3 is 9.80 Å². The Labute approximate surface area is 315 Å².